The minimum Gasteiger partial charge on any atom is -0.489 e. The smallest absolute Gasteiger partial charge is 0.157 e. The Bertz CT molecular complexity index is 273. The SMILES string of the molecule is CCCCCCNCCOc1cnn(C)c1. The van der Waals surface area contributed by atoms with E-state index in [0.29, 0.717) is 6.61 Å². The number of unbranched alkanes of at least 4 members (excludes halogenated alkanes) is 3. The zero-order chi connectivity index (χ0) is 11.6. The summed E-state index contributed by atoms with van der Waals surface area (Å²) in [6, 6.07) is 0. The summed E-state index contributed by atoms with van der Waals surface area (Å²) in [6.07, 6.45) is 8.84. The molecule has 4 nitrogen and oxygen atoms in total. The van der Waals surface area contributed by atoms with Crippen molar-refractivity contribution in [2.24, 2.45) is 7.05 Å². The summed E-state index contributed by atoms with van der Waals surface area (Å²) >= 11 is 0. The molecule has 0 unspecified atom stereocenters. The number of hydrogen-bond donors (Lipinski definition) is 1. The fourth-order valence-corrected chi connectivity index (χ4v) is 1.52. The van der Waals surface area contributed by atoms with E-state index in [0.717, 1.165) is 18.8 Å². The van der Waals surface area contributed by atoms with Gasteiger partial charge in [-0.15, -0.1) is 0 Å². The zero-order valence-electron chi connectivity index (χ0n) is 10.4. The van der Waals surface area contributed by atoms with Gasteiger partial charge < -0.3 is 10.1 Å². The van der Waals surface area contributed by atoms with Crippen LogP contribution in [0.4, 0.5) is 0 Å². The highest BCUT2D eigenvalue weighted by molar-refractivity contribution is 5.11. The summed E-state index contributed by atoms with van der Waals surface area (Å²) in [7, 11) is 1.89. The predicted octanol–water partition coefficient (Wildman–Crippen LogP) is 1.97. The van der Waals surface area contributed by atoms with Crippen molar-refractivity contribution in [3.05, 3.63) is 12.4 Å². The van der Waals surface area contributed by atoms with Crippen LogP contribution in [0.1, 0.15) is 32.6 Å². The van der Waals surface area contributed by atoms with Gasteiger partial charge in [-0.1, -0.05) is 26.2 Å². The topological polar surface area (TPSA) is 39.1 Å². The van der Waals surface area contributed by atoms with E-state index in [1.54, 1.807) is 10.9 Å². The Kier molecular flexibility index (Phi) is 6.65. The molecule has 92 valence electrons. The minimum absolute atomic E-state index is 0.708. The zero-order valence-corrected chi connectivity index (χ0v) is 10.4. The van der Waals surface area contributed by atoms with Gasteiger partial charge in [-0.05, 0) is 13.0 Å². The Hall–Kier alpha value is -1.03. The van der Waals surface area contributed by atoms with Crippen LogP contribution in [0.3, 0.4) is 0 Å². The number of rotatable bonds is 9. The van der Waals surface area contributed by atoms with Crippen molar-refractivity contribution < 1.29 is 4.74 Å². The van der Waals surface area contributed by atoms with Gasteiger partial charge in [0.1, 0.15) is 6.61 Å². The van der Waals surface area contributed by atoms with Gasteiger partial charge in [-0.2, -0.15) is 5.10 Å². The van der Waals surface area contributed by atoms with Gasteiger partial charge in [-0.25, -0.2) is 0 Å². The molecule has 0 saturated heterocycles. The van der Waals surface area contributed by atoms with Crippen LogP contribution in [-0.4, -0.2) is 29.5 Å². The molecule has 0 bridgehead atoms. The first-order chi connectivity index (χ1) is 7.83. The summed E-state index contributed by atoms with van der Waals surface area (Å²) in [5, 5.41) is 7.41. The quantitative estimate of drug-likeness (QED) is 0.653. The highest BCUT2D eigenvalue weighted by Crippen LogP contribution is 2.05. The fraction of sp³-hybridized carbons (Fsp3) is 0.750. The Morgan fingerprint density at radius 3 is 2.88 bits per heavy atom. The van der Waals surface area contributed by atoms with Crippen molar-refractivity contribution in [1.29, 1.82) is 0 Å². The minimum atomic E-state index is 0.708. The third kappa shape index (κ3) is 5.75. The molecule has 0 aliphatic heterocycles. The van der Waals surface area contributed by atoms with Gasteiger partial charge in [0.25, 0.3) is 0 Å². The molecule has 0 aromatic carbocycles. The van der Waals surface area contributed by atoms with Crippen LogP contribution >= 0.6 is 0 Å². The van der Waals surface area contributed by atoms with Gasteiger partial charge in [-0.3, -0.25) is 4.68 Å². The van der Waals surface area contributed by atoms with Crippen molar-refractivity contribution in [2.75, 3.05) is 19.7 Å². The Morgan fingerprint density at radius 1 is 1.31 bits per heavy atom. The number of nitrogens with one attached hydrogen (secondary N) is 1. The summed E-state index contributed by atoms with van der Waals surface area (Å²) in [5.74, 6) is 0.843. The maximum Gasteiger partial charge on any atom is 0.157 e. The lowest BCUT2D eigenvalue weighted by atomic mass is 10.2. The van der Waals surface area contributed by atoms with Gasteiger partial charge in [0.05, 0.1) is 12.4 Å². The molecule has 0 atom stereocenters. The van der Waals surface area contributed by atoms with Gasteiger partial charge in [0, 0.05) is 13.6 Å². The standard InChI is InChI=1S/C12H23N3O/c1-3-4-5-6-7-13-8-9-16-12-10-14-15(2)11-12/h10-11,13H,3-9H2,1-2H3. The second kappa shape index (κ2) is 8.16. The van der Waals surface area contributed by atoms with Crippen LogP contribution in [0.25, 0.3) is 0 Å². The lowest BCUT2D eigenvalue weighted by Crippen LogP contribution is -2.22. The molecule has 1 rings (SSSR count). The third-order valence-electron chi connectivity index (χ3n) is 2.44. The Balaban J connectivity index is 1.88. The third-order valence-corrected chi connectivity index (χ3v) is 2.44. The second-order valence-corrected chi connectivity index (χ2v) is 4.01. The highest BCUT2D eigenvalue weighted by Gasteiger charge is 1.95. The molecular formula is C12H23N3O. The summed E-state index contributed by atoms with van der Waals surface area (Å²) < 4.78 is 7.25. The molecule has 0 fully saturated rings. The molecule has 0 aliphatic rings. The van der Waals surface area contributed by atoms with Crippen LogP contribution in [0.2, 0.25) is 0 Å². The number of ether oxygens (including phenoxy) is 1. The first kappa shape index (κ1) is 13.0. The van der Waals surface area contributed by atoms with Gasteiger partial charge in [0.2, 0.25) is 0 Å². The van der Waals surface area contributed by atoms with E-state index in [2.05, 4.69) is 17.3 Å². The van der Waals surface area contributed by atoms with E-state index < -0.39 is 0 Å². The van der Waals surface area contributed by atoms with E-state index in [4.69, 9.17) is 4.74 Å². The first-order valence-electron chi connectivity index (χ1n) is 6.15. The molecule has 0 amide bonds. The number of hydrogen-bond acceptors (Lipinski definition) is 3. The molecule has 1 heterocycles. The molecule has 1 N–H and O–H groups in total. The second-order valence-electron chi connectivity index (χ2n) is 4.01. The van der Waals surface area contributed by atoms with Crippen LogP contribution in [0, 0.1) is 0 Å². The van der Waals surface area contributed by atoms with Crippen LogP contribution in [-0.2, 0) is 7.05 Å². The monoisotopic (exact) mass is 225 g/mol. The predicted molar refractivity (Wildman–Crippen MR) is 65.7 cm³/mol. The van der Waals surface area contributed by atoms with Crippen molar-refractivity contribution >= 4 is 0 Å². The normalized spacial score (nSPS) is 10.6. The average molecular weight is 225 g/mol. The molecule has 4 heteroatoms. The molecule has 1 aromatic rings. The Labute approximate surface area is 98.0 Å². The summed E-state index contributed by atoms with van der Waals surface area (Å²) in [5.41, 5.74) is 0. The van der Waals surface area contributed by atoms with Crippen molar-refractivity contribution in [3.8, 4) is 5.75 Å². The van der Waals surface area contributed by atoms with Crippen molar-refractivity contribution in [1.82, 2.24) is 15.1 Å². The van der Waals surface area contributed by atoms with Gasteiger partial charge in [0.15, 0.2) is 5.75 Å². The van der Waals surface area contributed by atoms with Crippen LogP contribution in [0.5, 0.6) is 5.75 Å². The van der Waals surface area contributed by atoms with E-state index in [-0.39, 0.29) is 0 Å². The van der Waals surface area contributed by atoms with Gasteiger partial charge >= 0.3 is 0 Å². The summed E-state index contributed by atoms with van der Waals surface area (Å²) in [6.45, 7) is 4.94. The fourth-order valence-electron chi connectivity index (χ4n) is 1.52. The maximum atomic E-state index is 5.51. The molecule has 0 aliphatic carbocycles. The summed E-state index contributed by atoms with van der Waals surface area (Å²) in [4.78, 5) is 0. The van der Waals surface area contributed by atoms with E-state index in [1.165, 1.54) is 25.7 Å². The molecular weight excluding hydrogens is 202 g/mol. The van der Waals surface area contributed by atoms with E-state index in [1.807, 2.05) is 13.2 Å². The Morgan fingerprint density at radius 2 is 2.19 bits per heavy atom. The van der Waals surface area contributed by atoms with Crippen LogP contribution in [0.15, 0.2) is 12.4 Å². The molecule has 0 saturated carbocycles. The molecule has 1 aromatic heterocycles. The molecule has 0 radical (unpaired) electrons. The number of nitrogens with zero attached hydrogens (tertiary/aromatic N) is 2. The first-order valence-corrected chi connectivity index (χ1v) is 6.15. The maximum absolute atomic E-state index is 5.51. The number of aromatic nitrogens is 2. The van der Waals surface area contributed by atoms with Crippen molar-refractivity contribution in [2.45, 2.75) is 32.6 Å². The molecule has 0 spiro atoms. The lowest BCUT2D eigenvalue weighted by molar-refractivity contribution is 0.313. The highest BCUT2D eigenvalue weighted by atomic mass is 16.5. The van der Waals surface area contributed by atoms with E-state index >= 15 is 0 Å². The van der Waals surface area contributed by atoms with Crippen molar-refractivity contribution in [3.63, 3.8) is 0 Å². The van der Waals surface area contributed by atoms with Crippen LogP contribution < -0.4 is 10.1 Å². The largest absolute Gasteiger partial charge is 0.489 e. The van der Waals surface area contributed by atoms with E-state index in [9.17, 15) is 0 Å². The number of aryl methyl sites for hydroxylation is 1. The lowest BCUT2D eigenvalue weighted by Gasteiger charge is -2.05. The average Bonchev–Trinajstić information content (AvgIpc) is 2.68. The molecule has 16 heavy (non-hydrogen) atoms.